The fourth-order valence-electron chi connectivity index (χ4n) is 0. The monoisotopic (exact) mass is 109 g/mol. The third-order valence-electron chi connectivity index (χ3n) is 0. The van der Waals surface area contributed by atoms with Gasteiger partial charge in [0.25, 0.3) is 0 Å². The van der Waals surface area contributed by atoms with Crippen molar-refractivity contribution in [3.8, 4) is 0 Å². The first kappa shape index (κ1) is 9.10. The van der Waals surface area contributed by atoms with E-state index in [4.69, 9.17) is 0 Å². The van der Waals surface area contributed by atoms with Crippen LogP contribution in [0, 0.1) is 0 Å². The van der Waals surface area contributed by atoms with E-state index in [-0.39, 0.29) is 21.2 Å². The van der Waals surface area contributed by atoms with Gasteiger partial charge in [-0.15, -0.1) is 12.4 Å². The van der Waals surface area contributed by atoms with Crippen molar-refractivity contribution in [2.45, 2.75) is 19.6 Å². The topological polar surface area (TPSA) is 0 Å². The molecule has 0 saturated carbocycles. The molecule has 0 fully saturated rings. The third-order valence-corrected chi connectivity index (χ3v) is 0. The van der Waals surface area contributed by atoms with Gasteiger partial charge in [0.05, 0.1) is 0 Å². The largest absolute Gasteiger partial charge is 0.147 e. The van der Waals surface area contributed by atoms with E-state index in [2.05, 4.69) is 19.6 Å². The van der Waals surface area contributed by atoms with E-state index in [1.54, 1.807) is 0 Å². The summed E-state index contributed by atoms with van der Waals surface area (Å²) in [5.74, 6) is 0. The van der Waals surface area contributed by atoms with Crippen molar-refractivity contribution in [1.82, 2.24) is 0 Å². The van der Waals surface area contributed by atoms with Crippen LogP contribution in [0.2, 0.25) is 19.6 Å². The van der Waals surface area contributed by atoms with Crippen molar-refractivity contribution in [2.24, 2.45) is 0 Å². The molecule has 0 aliphatic heterocycles. The van der Waals surface area contributed by atoms with E-state index in [1.165, 1.54) is 0 Å². The number of hydrogen-bond donors (Lipinski definition) is 0. The van der Waals surface area contributed by atoms with Crippen LogP contribution in [-0.4, -0.2) is 8.80 Å². The van der Waals surface area contributed by atoms with Crippen LogP contribution in [-0.2, 0) is 0 Å². The molecule has 0 bridgehead atoms. The molecule has 2 heteroatoms. The van der Waals surface area contributed by atoms with Crippen LogP contribution in [0.3, 0.4) is 0 Å². The van der Waals surface area contributed by atoms with Crippen molar-refractivity contribution in [1.29, 1.82) is 0 Å². The lowest BCUT2D eigenvalue weighted by Crippen LogP contribution is -1.84. The lowest BCUT2D eigenvalue weighted by Gasteiger charge is -1.75. The summed E-state index contributed by atoms with van der Waals surface area (Å²) in [4.78, 5) is 0. The minimum atomic E-state index is 0. The summed E-state index contributed by atoms with van der Waals surface area (Å²) in [5.41, 5.74) is 0. The fraction of sp³-hybridized carbons (Fsp3) is 1.00. The average Bonchev–Trinajstić information content (AvgIpc) is 0.811. The Morgan fingerprint density at radius 2 is 1.00 bits per heavy atom. The zero-order valence-corrected chi connectivity index (χ0v) is 5.72. The summed E-state index contributed by atoms with van der Waals surface area (Å²) >= 11 is 0. The van der Waals surface area contributed by atoms with E-state index in [1.807, 2.05) is 0 Å². The Balaban J connectivity index is 0. The molecule has 0 aromatic carbocycles. The van der Waals surface area contributed by atoms with Gasteiger partial charge < -0.3 is 0 Å². The van der Waals surface area contributed by atoms with Gasteiger partial charge >= 0.3 is 0 Å². The Morgan fingerprint density at radius 3 is 1.00 bits per heavy atom. The Labute approximate surface area is 41.6 Å². The molecule has 0 spiro atoms. The van der Waals surface area contributed by atoms with Crippen LogP contribution in [0.25, 0.3) is 0 Å². The van der Waals surface area contributed by atoms with Crippen LogP contribution < -0.4 is 0 Å². The molecule has 0 aliphatic carbocycles. The van der Waals surface area contributed by atoms with Crippen molar-refractivity contribution in [3.05, 3.63) is 0 Å². The molecule has 0 unspecified atom stereocenters. The van der Waals surface area contributed by atoms with Crippen molar-refractivity contribution >= 4 is 21.2 Å². The lowest BCUT2D eigenvalue weighted by atomic mass is 11.8. The van der Waals surface area contributed by atoms with Gasteiger partial charge in [-0.05, 0) is 0 Å². The molecule has 0 N–H and O–H groups in total. The summed E-state index contributed by atoms with van der Waals surface area (Å²) in [6.07, 6.45) is 0. The Kier molecular flexibility index (Phi) is 8.20. The summed E-state index contributed by atoms with van der Waals surface area (Å²) < 4.78 is 0. The van der Waals surface area contributed by atoms with E-state index in [0.29, 0.717) is 0 Å². The first-order chi connectivity index (χ1) is 1.73. The zero-order chi connectivity index (χ0) is 3.58. The molecule has 0 aliphatic rings. The Hall–Kier alpha value is 0.507. The maximum Gasteiger partial charge on any atom is 0.0379 e. The van der Waals surface area contributed by atoms with Gasteiger partial charge in [0.1, 0.15) is 0 Å². The van der Waals surface area contributed by atoms with Crippen LogP contribution in [0.4, 0.5) is 0 Å². The van der Waals surface area contributed by atoms with Gasteiger partial charge in [0, 0.05) is 8.80 Å². The molecule has 0 saturated heterocycles. The molecule has 0 heterocycles. The van der Waals surface area contributed by atoms with Crippen LogP contribution in [0.15, 0.2) is 0 Å². The third kappa shape index (κ3) is 110. The van der Waals surface area contributed by atoms with Crippen molar-refractivity contribution < 1.29 is 0 Å². The second-order valence-corrected chi connectivity index (χ2v) is 4.50. The lowest BCUT2D eigenvalue weighted by molar-refractivity contribution is 1.91. The quantitative estimate of drug-likeness (QED) is 0.416. The number of halogens is 1. The first-order valence-electron chi connectivity index (χ1n) is 1.50. The molecule has 0 amide bonds. The van der Waals surface area contributed by atoms with Crippen LogP contribution in [0.5, 0.6) is 0 Å². The SMILES string of the molecule is C[Si](C)C.Cl. The van der Waals surface area contributed by atoms with E-state index >= 15 is 0 Å². The Bertz CT molecular complexity index is 11.6. The highest BCUT2D eigenvalue weighted by Crippen LogP contribution is 1.68. The van der Waals surface area contributed by atoms with E-state index in [0.717, 1.165) is 0 Å². The standard InChI is InChI=1S/C3H9Si.ClH/c1-4(2)3;/h1-3H3;1H. The second-order valence-electron chi connectivity index (χ2n) is 1.50. The molecule has 0 nitrogen and oxygen atoms in total. The summed E-state index contributed by atoms with van der Waals surface area (Å²) in [6, 6.07) is 0. The molecule has 0 rings (SSSR count). The first-order valence-corrected chi connectivity index (χ1v) is 4.50. The Morgan fingerprint density at radius 1 is 1.00 bits per heavy atom. The van der Waals surface area contributed by atoms with Gasteiger partial charge in [0.2, 0.25) is 0 Å². The second kappa shape index (κ2) is 4.51. The van der Waals surface area contributed by atoms with Gasteiger partial charge in [-0.1, -0.05) is 19.6 Å². The maximum atomic E-state index is 2.27. The molecule has 33 valence electrons. The highest BCUT2D eigenvalue weighted by Gasteiger charge is 1.72. The van der Waals surface area contributed by atoms with Crippen LogP contribution >= 0.6 is 12.4 Å². The van der Waals surface area contributed by atoms with Crippen LogP contribution in [0.1, 0.15) is 0 Å². The van der Waals surface area contributed by atoms with Gasteiger partial charge in [-0.2, -0.15) is 0 Å². The smallest absolute Gasteiger partial charge is 0.0379 e. The molecular weight excluding hydrogens is 99.6 g/mol. The van der Waals surface area contributed by atoms with Gasteiger partial charge in [-0.25, -0.2) is 0 Å². The highest BCUT2D eigenvalue weighted by atomic mass is 35.5. The molecular formula is C3H10ClSi. The minimum Gasteiger partial charge on any atom is -0.147 e. The molecule has 1 radical (unpaired) electrons. The highest BCUT2D eigenvalue weighted by molar-refractivity contribution is 6.54. The summed E-state index contributed by atoms with van der Waals surface area (Å²) in [6.45, 7) is 6.81. The van der Waals surface area contributed by atoms with Gasteiger partial charge in [-0.3, -0.25) is 0 Å². The molecule has 5 heavy (non-hydrogen) atoms. The van der Waals surface area contributed by atoms with E-state index < -0.39 is 0 Å². The number of hydrogen-bond acceptors (Lipinski definition) is 0. The predicted octanol–water partition coefficient (Wildman–Crippen LogP) is 1.79. The summed E-state index contributed by atoms with van der Waals surface area (Å²) in [5, 5.41) is 0. The van der Waals surface area contributed by atoms with Gasteiger partial charge in [0.15, 0.2) is 0 Å². The van der Waals surface area contributed by atoms with Crippen molar-refractivity contribution in [3.63, 3.8) is 0 Å². The normalized spacial score (nSPS) is 7.20. The minimum absolute atomic E-state index is 0. The molecule has 0 aromatic heterocycles. The fourth-order valence-corrected chi connectivity index (χ4v) is 0. The van der Waals surface area contributed by atoms with Crippen molar-refractivity contribution in [2.75, 3.05) is 0 Å². The van der Waals surface area contributed by atoms with E-state index in [9.17, 15) is 0 Å². The molecule has 0 atom stereocenters. The predicted molar refractivity (Wildman–Crippen MR) is 30.6 cm³/mol. The average molecular weight is 110 g/mol. The number of rotatable bonds is 0. The zero-order valence-electron chi connectivity index (χ0n) is 3.91. The maximum absolute atomic E-state index is 2.27. The summed E-state index contributed by atoms with van der Waals surface area (Å²) in [7, 11) is 0.120. The molecule has 0 aromatic rings.